The van der Waals surface area contributed by atoms with Crippen LogP contribution in [0.25, 0.3) is 0 Å². The van der Waals surface area contributed by atoms with Crippen LogP contribution in [0, 0.1) is 5.92 Å². The molecule has 1 fully saturated rings. The molecule has 0 spiro atoms. The van der Waals surface area contributed by atoms with Gasteiger partial charge in [0.1, 0.15) is 6.04 Å². The summed E-state index contributed by atoms with van der Waals surface area (Å²) in [6.45, 7) is 5.17. The Morgan fingerprint density at radius 1 is 1.50 bits per heavy atom. The Morgan fingerprint density at radius 2 is 2.17 bits per heavy atom. The van der Waals surface area contributed by atoms with E-state index in [9.17, 15) is 18.0 Å². The van der Waals surface area contributed by atoms with E-state index in [0.717, 1.165) is 6.08 Å². The van der Waals surface area contributed by atoms with Crippen LogP contribution in [-0.2, 0) is 19.4 Å². The lowest BCUT2D eigenvalue weighted by molar-refractivity contribution is -0.126. The largest absolute Gasteiger partial charge is 0.354 e. The summed E-state index contributed by atoms with van der Waals surface area (Å²) in [6.07, 6.45) is 1.67. The maximum Gasteiger partial charge on any atom is 0.244 e. The number of carbonyl (C=O) groups excluding carboxylic acids is 2. The Morgan fingerprint density at radius 3 is 2.67 bits per heavy atom. The predicted octanol–water partition coefficient (Wildman–Crippen LogP) is -0.772. The van der Waals surface area contributed by atoms with Gasteiger partial charge in [-0.25, -0.2) is 8.42 Å². The number of hydrogen-bond acceptors (Lipinski definition) is 4. The molecule has 102 valence electrons. The molecule has 1 rings (SSSR count). The molecule has 2 atom stereocenters. The van der Waals surface area contributed by atoms with Crippen LogP contribution in [0.15, 0.2) is 12.7 Å². The molecule has 18 heavy (non-hydrogen) atoms. The molecule has 1 aliphatic rings. The quantitative estimate of drug-likeness (QED) is 0.644. The second-order valence-corrected chi connectivity index (χ2v) is 6.68. The van der Waals surface area contributed by atoms with E-state index in [4.69, 9.17) is 0 Å². The van der Waals surface area contributed by atoms with Crippen LogP contribution in [0.1, 0.15) is 13.3 Å². The Hall–Kier alpha value is -1.37. The van der Waals surface area contributed by atoms with E-state index in [0.29, 0.717) is 13.0 Å². The molecular weight excluding hydrogens is 256 g/mol. The van der Waals surface area contributed by atoms with Gasteiger partial charge in [0.25, 0.3) is 0 Å². The Bertz CT molecular complexity index is 444. The lowest BCUT2D eigenvalue weighted by atomic mass is 10.1. The highest BCUT2D eigenvalue weighted by molar-refractivity contribution is 7.91. The SMILES string of the molecule is C=CC(=O)N[C@H](C)C(=O)NC[C@@H]1CCS(=O)(=O)C1. The molecule has 0 bridgehead atoms. The van der Waals surface area contributed by atoms with Crippen LogP contribution in [0.3, 0.4) is 0 Å². The van der Waals surface area contributed by atoms with Crippen molar-refractivity contribution in [1.82, 2.24) is 10.6 Å². The molecule has 0 radical (unpaired) electrons. The summed E-state index contributed by atoms with van der Waals surface area (Å²) in [5.41, 5.74) is 0. The van der Waals surface area contributed by atoms with Crippen molar-refractivity contribution < 1.29 is 18.0 Å². The van der Waals surface area contributed by atoms with E-state index >= 15 is 0 Å². The molecule has 2 amide bonds. The van der Waals surface area contributed by atoms with Gasteiger partial charge in [-0.15, -0.1) is 0 Å². The van der Waals surface area contributed by atoms with E-state index in [1.54, 1.807) is 6.92 Å². The molecule has 7 heteroatoms. The van der Waals surface area contributed by atoms with Gasteiger partial charge < -0.3 is 10.6 Å². The summed E-state index contributed by atoms with van der Waals surface area (Å²) in [4.78, 5) is 22.6. The standard InChI is InChI=1S/C11H18N2O4S/c1-3-10(14)13-8(2)11(15)12-6-9-4-5-18(16,17)7-9/h3,8-9H,1,4-7H2,2H3,(H,12,15)(H,13,14)/t8-,9+/m1/s1. The fourth-order valence-corrected chi connectivity index (χ4v) is 3.63. The molecule has 6 nitrogen and oxygen atoms in total. The van der Waals surface area contributed by atoms with E-state index < -0.39 is 21.8 Å². The highest BCUT2D eigenvalue weighted by atomic mass is 32.2. The minimum Gasteiger partial charge on any atom is -0.354 e. The van der Waals surface area contributed by atoms with Gasteiger partial charge in [0.2, 0.25) is 11.8 Å². The van der Waals surface area contributed by atoms with Gasteiger partial charge in [-0.1, -0.05) is 6.58 Å². The molecule has 0 unspecified atom stereocenters. The van der Waals surface area contributed by atoms with E-state index in [1.165, 1.54) is 0 Å². The summed E-state index contributed by atoms with van der Waals surface area (Å²) in [5.74, 6) is -0.450. The van der Waals surface area contributed by atoms with E-state index in [-0.39, 0.29) is 23.3 Å². The van der Waals surface area contributed by atoms with Crippen molar-refractivity contribution in [2.45, 2.75) is 19.4 Å². The maximum absolute atomic E-state index is 11.6. The molecule has 0 aromatic rings. The lowest BCUT2D eigenvalue weighted by Crippen LogP contribution is -2.45. The second-order valence-electron chi connectivity index (χ2n) is 4.45. The summed E-state index contributed by atoms with van der Waals surface area (Å²) in [5, 5.41) is 5.07. The van der Waals surface area contributed by atoms with Crippen molar-refractivity contribution in [3.63, 3.8) is 0 Å². The second kappa shape index (κ2) is 5.99. The number of carbonyl (C=O) groups is 2. The molecule has 0 aliphatic carbocycles. The number of sulfone groups is 1. The normalized spacial score (nSPS) is 23.1. The summed E-state index contributed by atoms with van der Waals surface area (Å²) >= 11 is 0. The fraction of sp³-hybridized carbons (Fsp3) is 0.636. The van der Waals surface area contributed by atoms with Crippen molar-refractivity contribution in [3.05, 3.63) is 12.7 Å². The van der Waals surface area contributed by atoms with Gasteiger partial charge in [0.15, 0.2) is 9.84 Å². The van der Waals surface area contributed by atoms with Crippen molar-refractivity contribution in [1.29, 1.82) is 0 Å². The first-order chi connectivity index (χ1) is 8.34. The van der Waals surface area contributed by atoms with Gasteiger partial charge in [0, 0.05) is 6.54 Å². The smallest absolute Gasteiger partial charge is 0.244 e. The number of amides is 2. The van der Waals surface area contributed by atoms with Gasteiger partial charge in [-0.2, -0.15) is 0 Å². The Labute approximate surface area is 107 Å². The third kappa shape index (κ3) is 4.48. The van der Waals surface area contributed by atoms with Gasteiger partial charge in [0.05, 0.1) is 11.5 Å². The van der Waals surface area contributed by atoms with E-state index in [2.05, 4.69) is 17.2 Å². The van der Waals surface area contributed by atoms with Crippen molar-refractivity contribution in [3.8, 4) is 0 Å². The maximum atomic E-state index is 11.6. The van der Waals surface area contributed by atoms with Crippen LogP contribution >= 0.6 is 0 Å². The minimum atomic E-state index is -2.92. The van der Waals surface area contributed by atoms with E-state index in [1.807, 2.05) is 0 Å². The predicted molar refractivity (Wildman–Crippen MR) is 67.6 cm³/mol. The lowest BCUT2D eigenvalue weighted by Gasteiger charge is -2.14. The first-order valence-electron chi connectivity index (χ1n) is 5.75. The highest BCUT2D eigenvalue weighted by Crippen LogP contribution is 2.17. The molecule has 1 saturated heterocycles. The van der Waals surface area contributed by atoms with Crippen LogP contribution in [0.5, 0.6) is 0 Å². The molecule has 1 heterocycles. The minimum absolute atomic E-state index is 0.0266. The van der Waals surface area contributed by atoms with Gasteiger partial charge in [-0.05, 0) is 25.3 Å². The molecule has 1 aliphatic heterocycles. The number of nitrogens with one attached hydrogen (secondary N) is 2. The first kappa shape index (κ1) is 14.7. The zero-order valence-corrected chi connectivity index (χ0v) is 11.1. The third-order valence-electron chi connectivity index (χ3n) is 2.83. The van der Waals surface area contributed by atoms with Crippen LogP contribution in [0.2, 0.25) is 0 Å². The average molecular weight is 274 g/mol. The van der Waals surface area contributed by atoms with Gasteiger partial charge in [-0.3, -0.25) is 9.59 Å². The molecule has 0 saturated carbocycles. The van der Waals surface area contributed by atoms with Crippen LogP contribution in [0.4, 0.5) is 0 Å². The number of rotatable bonds is 5. The summed E-state index contributed by atoms with van der Waals surface area (Å²) < 4.78 is 22.4. The van der Waals surface area contributed by atoms with Crippen LogP contribution < -0.4 is 10.6 Å². The Kier molecular flexibility index (Phi) is 4.89. The summed E-state index contributed by atoms with van der Waals surface area (Å²) in [7, 11) is -2.92. The summed E-state index contributed by atoms with van der Waals surface area (Å²) in [6, 6.07) is -0.659. The van der Waals surface area contributed by atoms with Gasteiger partial charge >= 0.3 is 0 Å². The van der Waals surface area contributed by atoms with Crippen molar-refractivity contribution in [2.24, 2.45) is 5.92 Å². The Balaban J connectivity index is 2.33. The van der Waals surface area contributed by atoms with Crippen molar-refractivity contribution in [2.75, 3.05) is 18.1 Å². The topological polar surface area (TPSA) is 92.3 Å². The highest BCUT2D eigenvalue weighted by Gasteiger charge is 2.28. The zero-order valence-electron chi connectivity index (χ0n) is 10.3. The molecule has 0 aromatic heterocycles. The van der Waals surface area contributed by atoms with Crippen LogP contribution in [-0.4, -0.2) is 44.3 Å². The van der Waals surface area contributed by atoms with Crippen molar-refractivity contribution >= 4 is 21.7 Å². The third-order valence-corrected chi connectivity index (χ3v) is 4.67. The fourth-order valence-electron chi connectivity index (χ4n) is 1.77. The molecule has 0 aromatic carbocycles. The average Bonchev–Trinajstić information content (AvgIpc) is 2.65. The number of hydrogen-bond donors (Lipinski definition) is 2. The molecule has 2 N–H and O–H groups in total. The first-order valence-corrected chi connectivity index (χ1v) is 7.57. The molecular formula is C11H18N2O4S. The monoisotopic (exact) mass is 274 g/mol. The zero-order chi connectivity index (χ0) is 13.8.